The van der Waals surface area contributed by atoms with Crippen molar-refractivity contribution in [1.29, 1.82) is 0 Å². The summed E-state index contributed by atoms with van der Waals surface area (Å²) in [5.74, 6) is 0. The van der Waals surface area contributed by atoms with Crippen molar-refractivity contribution >= 4 is 20.2 Å². The molecule has 0 atom stereocenters. The lowest BCUT2D eigenvalue weighted by atomic mass is 10.2. The van der Waals surface area contributed by atoms with Gasteiger partial charge in [0.15, 0.2) is 0 Å². The van der Waals surface area contributed by atoms with Crippen molar-refractivity contribution in [1.82, 2.24) is 0 Å². The van der Waals surface area contributed by atoms with Gasteiger partial charge in [-0.2, -0.15) is 16.8 Å². The van der Waals surface area contributed by atoms with Crippen LogP contribution >= 0.6 is 0 Å². The first-order valence-electron chi connectivity index (χ1n) is 3.68. The van der Waals surface area contributed by atoms with Crippen molar-refractivity contribution in [2.24, 2.45) is 0 Å². The minimum atomic E-state index is -4.37. The van der Waals surface area contributed by atoms with E-state index in [9.17, 15) is 16.8 Å². The van der Waals surface area contributed by atoms with Gasteiger partial charge >= 0.3 is 0 Å². The molecule has 0 heterocycles. The number of hydrogen-bond donors (Lipinski definition) is 2. The third kappa shape index (κ3) is 2.75. The SMILES string of the molecule is Cc1cc(S(=O)(=O)O)ccc1S(=O)(=O)O. The Morgan fingerprint density at radius 3 is 1.87 bits per heavy atom. The molecular weight excluding hydrogens is 244 g/mol. The van der Waals surface area contributed by atoms with Crippen LogP contribution in [0.25, 0.3) is 0 Å². The lowest BCUT2D eigenvalue weighted by Crippen LogP contribution is -2.04. The first-order chi connectivity index (χ1) is 6.62. The predicted octanol–water partition coefficient (Wildman–Crippen LogP) is 0.488. The van der Waals surface area contributed by atoms with Crippen LogP contribution in [0.5, 0.6) is 0 Å². The standard InChI is InChI=1S/C7H8O6S2/c1-5-4-6(14(8,9)10)2-3-7(5)15(11,12)13/h2-4H,1H3,(H,8,9,10)(H,11,12,13). The molecule has 0 unspecified atom stereocenters. The molecule has 2 N–H and O–H groups in total. The van der Waals surface area contributed by atoms with E-state index in [2.05, 4.69) is 0 Å². The van der Waals surface area contributed by atoms with Gasteiger partial charge in [0, 0.05) is 0 Å². The molecule has 1 rings (SSSR count). The van der Waals surface area contributed by atoms with Crippen LogP contribution in [-0.2, 0) is 20.2 Å². The molecule has 84 valence electrons. The van der Waals surface area contributed by atoms with Gasteiger partial charge in [-0.25, -0.2) is 0 Å². The van der Waals surface area contributed by atoms with E-state index in [-0.39, 0.29) is 5.56 Å². The molecule has 0 amide bonds. The highest BCUT2D eigenvalue weighted by Crippen LogP contribution is 2.18. The molecule has 0 bridgehead atoms. The monoisotopic (exact) mass is 252 g/mol. The van der Waals surface area contributed by atoms with Gasteiger partial charge in [0.2, 0.25) is 0 Å². The Morgan fingerprint density at radius 1 is 1.00 bits per heavy atom. The first-order valence-corrected chi connectivity index (χ1v) is 6.56. The highest BCUT2D eigenvalue weighted by Gasteiger charge is 2.16. The summed E-state index contributed by atoms with van der Waals surface area (Å²) in [4.78, 5) is -0.817. The third-order valence-electron chi connectivity index (χ3n) is 1.72. The van der Waals surface area contributed by atoms with E-state index in [0.717, 1.165) is 18.2 Å². The third-order valence-corrected chi connectivity index (χ3v) is 3.59. The first kappa shape index (κ1) is 12.1. The highest BCUT2D eigenvalue weighted by atomic mass is 32.2. The molecule has 0 radical (unpaired) electrons. The van der Waals surface area contributed by atoms with E-state index in [0.29, 0.717) is 0 Å². The minimum Gasteiger partial charge on any atom is -0.282 e. The molecular formula is C7H8O6S2. The fourth-order valence-electron chi connectivity index (χ4n) is 1.07. The van der Waals surface area contributed by atoms with Crippen LogP contribution in [0.4, 0.5) is 0 Å². The molecule has 0 saturated carbocycles. The van der Waals surface area contributed by atoms with Gasteiger partial charge in [0.25, 0.3) is 20.2 Å². The van der Waals surface area contributed by atoms with Crippen LogP contribution in [0.15, 0.2) is 28.0 Å². The molecule has 1 aromatic rings. The zero-order chi connectivity index (χ0) is 11.9. The number of rotatable bonds is 2. The van der Waals surface area contributed by atoms with Crippen molar-refractivity contribution in [3.63, 3.8) is 0 Å². The van der Waals surface area contributed by atoms with Crippen LogP contribution in [-0.4, -0.2) is 25.9 Å². The van der Waals surface area contributed by atoms with Crippen LogP contribution in [0, 0.1) is 6.92 Å². The average molecular weight is 252 g/mol. The summed E-state index contributed by atoms with van der Waals surface area (Å²) >= 11 is 0. The molecule has 15 heavy (non-hydrogen) atoms. The van der Waals surface area contributed by atoms with Crippen LogP contribution in [0.3, 0.4) is 0 Å². The van der Waals surface area contributed by atoms with E-state index in [1.807, 2.05) is 0 Å². The predicted molar refractivity (Wildman–Crippen MR) is 50.8 cm³/mol. The highest BCUT2D eigenvalue weighted by molar-refractivity contribution is 7.86. The summed E-state index contributed by atoms with van der Waals surface area (Å²) in [5.41, 5.74) is 0.0348. The van der Waals surface area contributed by atoms with E-state index < -0.39 is 30.0 Å². The molecule has 0 aliphatic heterocycles. The summed E-state index contributed by atoms with van der Waals surface area (Å²) in [7, 11) is -8.74. The fourth-order valence-corrected chi connectivity index (χ4v) is 2.34. The minimum absolute atomic E-state index is 0.0348. The Hall–Kier alpha value is -0.960. The molecule has 0 aliphatic carbocycles. The second-order valence-electron chi connectivity index (χ2n) is 2.88. The Bertz CT molecular complexity index is 584. The summed E-state index contributed by atoms with van der Waals surface area (Å²) < 4.78 is 60.3. The van der Waals surface area contributed by atoms with Crippen LogP contribution in [0.1, 0.15) is 5.56 Å². The number of benzene rings is 1. The van der Waals surface area contributed by atoms with E-state index in [4.69, 9.17) is 9.11 Å². The molecule has 0 saturated heterocycles. The molecule has 0 aromatic heterocycles. The normalized spacial score (nSPS) is 12.7. The lowest BCUT2D eigenvalue weighted by Gasteiger charge is -2.03. The molecule has 0 spiro atoms. The van der Waals surface area contributed by atoms with Gasteiger partial charge in [-0.05, 0) is 30.7 Å². The quantitative estimate of drug-likeness (QED) is 0.741. The topological polar surface area (TPSA) is 109 Å². The number of aryl methyl sites for hydroxylation is 1. The van der Waals surface area contributed by atoms with Gasteiger partial charge in [-0.3, -0.25) is 9.11 Å². The van der Waals surface area contributed by atoms with Crippen molar-refractivity contribution in [3.8, 4) is 0 Å². The Balaban J connectivity index is 3.47. The average Bonchev–Trinajstić information content (AvgIpc) is 1.99. The Kier molecular flexibility index (Phi) is 2.88. The molecule has 8 heteroatoms. The number of hydrogen-bond acceptors (Lipinski definition) is 4. The zero-order valence-corrected chi connectivity index (χ0v) is 9.21. The van der Waals surface area contributed by atoms with E-state index >= 15 is 0 Å². The Labute approximate surface area is 87.1 Å². The molecule has 6 nitrogen and oxygen atoms in total. The van der Waals surface area contributed by atoms with Crippen LogP contribution in [0.2, 0.25) is 0 Å². The Morgan fingerprint density at radius 2 is 1.53 bits per heavy atom. The molecule has 0 aliphatic rings. The maximum absolute atomic E-state index is 10.8. The second-order valence-corrected chi connectivity index (χ2v) is 5.69. The molecule has 0 fully saturated rings. The fraction of sp³-hybridized carbons (Fsp3) is 0.143. The van der Waals surface area contributed by atoms with Gasteiger partial charge in [-0.15, -0.1) is 0 Å². The largest absolute Gasteiger partial charge is 0.294 e. The molecule has 1 aromatic carbocycles. The maximum atomic E-state index is 10.8. The zero-order valence-electron chi connectivity index (χ0n) is 7.58. The summed E-state index contributed by atoms with van der Waals surface area (Å²) in [6, 6.07) is 2.76. The smallest absolute Gasteiger partial charge is 0.282 e. The van der Waals surface area contributed by atoms with Crippen LogP contribution < -0.4 is 0 Å². The summed E-state index contributed by atoms with van der Waals surface area (Å²) in [5, 5.41) is 0. The van der Waals surface area contributed by atoms with E-state index in [1.165, 1.54) is 6.92 Å². The van der Waals surface area contributed by atoms with Gasteiger partial charge < -0.3 is 0 Å². The lowest BCUT2D eigenvalue weighted by molar-refractivity contribution is 0.478. The van der Waals surface area contributed by atoms with Crippen molar-refractivity contribution in [2.45, 2.75) is 16.7 Å². The van der Waals surface area contributed by atoms with Crippen molar-refractivity contribution in [3.05, 3.63) is 23.8 Å². The summed E-state index contributed by atoms with van der Waals surface area (Å²) in [6.45, 7) is 1.30. The van der Waals surface area contributed by atoms with Gasteiger partial charge in [0.05, 0.1) is 9.79 Å². The summed E-state index contributed by atoms with van der Waals surface area (Å²) in [6.07, 6.45) is 0. The van der Waals surface area contributed by atoms with Crippen molar-refractivity contribution < 1.29 is 25.9 Å². The maximum Gasteiger partial charge on any atom is 0.294 e. The van der Waals surface area contributed by atoms with Gasteiger partial charge in [0.1, 0.15) is 0 Å². The second kappa shape index (κ2) is 3.56. The van der Waals surface area contributed by atoms with Crippen molar-refractivity contribution in [2.75, 3.05) is 0 Å². The van der Waals surface area contributed by atoms with E-state index in [1.54, 1.807) is 0 Å². The van der Waals surface area contributed by atoms with Gasteiger partial charge in [-0.1, -0.05) is 0 Å².